The normalized spacial score (nSPS) is 10.6. The molecular formula is C13H10BrN5OS. The van der Waals surface area contributed by atoms with E-state index in [1.165, 1.54) is 11.3 Å². The Morgan fingerprint density at radius 1 is 1.38 bits per heavy atom. The van der Waals surface area contributed by atoms with Crippen LogP contribution in [0.25, 0.3) is 11.4 Å². The molecule has 0 unspecified atom stereocenters. The predicted molar refractivity (Wildman–Crippen MR) is 84.3 cm³/mol. The van der Waals surface area contributed by atoms with E-state index >= 15 is 0 Å². The first kappa shape index (κ1) is 13.9. The van der Waals surface area contributed by atoms with Gasteiger partial charge in [0, 0.05) is 11.3 Å². The van der Waals surface area contributed by atoms with Crippen molar-refractivity contribution in [3.05, 3.63) is 44.6 Å². The molecule has 0 saturated heterocycles. The number of amides is 1. The fraction of sp³-hybridized carbons (Fsp3) is 0.0769. The van der Waals surface area contributed by atoms with Crippen LogP contribution < -0.4 is 5.32 Å². The summed E-state index contributed by atoms with van der Waals surface area (Å²) in [5.74, 6) is 0.347. The van der Waals surface area contributed by atoms with Crippen molar-refractivity contribution in [1.82, 2.24) is 20.6 Å². The molecule has 8 heteroatoms. The van der Waals surface area contributed by atoms with Crippen molar-refractivity contribution in [3.8, 4) is 11.4 Å². The summed E-state index contributed by atoms with van der Waals surface area (Å²) >= 11 is 4.83. The number of aryl methyl sites for hydroxylation is 1. The van der Waals surface area contributed by atoms with E-state index in [0.29, 0.717) is 16.4 Å². The Balaban J connectivity index is 1.82. The highest BCUT2D eigenvalue weighted by Gasteiger charge is 2.12. The molecule has 1 aromatic carbocycles. The van der Waals surface area contributed by atoms with Gasteiger partial charge >= 0.3 is 0 Å². The lowest BCUT2D eigenvalue weighted by Crippen LogP contribution is -2.10. The minimum atomic E-state index is -0.140. The largest absolute Gasteiger partial charge is 0.321 e. The van der Waals surface area contributed by atoms with Crippen LogP contribution in [0.3, 0.4) is 0 Å². The molecule has 0 atom stereocenters. The second-order valence-corrected chi connectivity index (χ2v) is 6.71. The molecule has 0 aliphatic heterocycles. The summed E-state index contributed by atoms with van der Waals surface area (Å²) in [6.45, 7) is 1.95. The van der Waals surface area contributed by atoms with E-state index < -0.39 is 0 Å². The fourth-order valence-corrected chi connectivity index (χ4v) is 3.21. The molecule has 6 nitrogen and oxygen atoms in total. The SMILES string of the molecule is Cc1cc(C(=O)Nc2cccc(-c3nn[nH]n3)c2)sc1Br. The van der Waals surface area contributed by atoms with Crippen LogP contribution in [-0.4, -0.2) is 26.5 Å². The summed E-state index contributed by atoms with van der Waals surface area (Å²) in [7, 11) is 0. The lowest BCUT2D eigenvalue weighted by Gasteiger charge is -2.04. The van der Waals surface area contributed by atoms with E-state index in [1.54, 1.807) is 6.07 Å². The fourth-order valence-electron chi connectivity index (χ4n) is 1.78. The average molecular weight is 364 g/mol. The first-order valence-electron chi connectivity index (χ1n) is 6.04. The van der Waals surface area contributed by atoms with Gasteiger partial charge in [-0.1, -0.05) is 12.1 Å². The number of anilines is 1. The smallest absolute Gasteiger partial charge is 0.265 e. The van der Waals surface area contributed by atoms with Gasteiger partial charge in [0.05, 0.1) is 8.66 Å². The van der Waals surface area contributed by atoms with Crippen molar-refractivity contribution < 1.29 is 4.79 Å². The van der Waals surface area contributed by atoms with Crippen LogP contribution in [-0.2, 0) is 0 Å². The highest BCUT2D eigenvalue weighted by molar-refractivity contribution is 9.11. The molecule has 106 valence electrons. The van der Waals surface area contributed by atoms with Gasteiger partial charge < -0.3 is 5.32 Å². The minimum absolute atomic E-state index is 0.140. The van der Waals surface area contributed by atoms with Gasteiger partial charge in [0.25, 0.3) is 5.91 Å². The lowest BCUT2D eigenvalue weighted by atomic mass is 10.2. The van der Waals surface area contributed by atoms with Gasteiger partial charge in [-0.15, -0.1) is 21.5 Å². The summed E-state index contributed by atoms with van der Waals surface area (Å²) in [6, 6.07) is 9.16. The second-order valence-electron chi connectivity index (χ2n) is 4.34. The van der Waals surface area contributed by atoms with E-state index in [2.05, 4.69) is 41.9 Å². The van der Waals surface area contributed by atoms with E-state index in [9.17, 15) is 4.79 Å². The molecule has 0 aliphatic rings. The van der Waals surface area contributed by atoms with Crippen molar-refractivity contribution in [2.24, 2.45) is 0 Å². The van der Waals surface area contributed by atoms with Crippen LogP contribution in [0.5, 0.6) is 0 Å². The standard InChI is InChI=1S/C13H10BrN5OS/c1-7-5-10(21-11(7)14)13(20)15-9-4-2-3-8(6-9)12-16-18-19-17-12/h2-6H,1H3,(H,15,20)(H,16,17,18,19). The first-order valence-corrected chi connectivity index (χ1v) is 7.65. The van der Waals surface area contributed by atoms with E-state index in [-0.39, 0.29) is 5.91 Å². The molecule has 0 bridgehead atoms. The highest BCUT2D eigenvalue weighted by Crippen LogP contribution is 2.28. The third kappa shape index (κ3) is 3.01. The number of aromatic nitrogens is 4. The molecule has 2 aromatic heterocycles. The lowest BCUT2D eigenvalue weighted by molar-refractivity contribution is 0.103. The Labute approximate surface area is 132 Å². The molecule has 0 spiro atoms. The van der Waals surface area contributed by atoms with E-state index in [4.69, 9.17) is 0 Å². The van der Waals surface area contributed by atoms with Crippen molar-refractivity contribution in [3.63, 3.8) is 0 Å². The van der Waals surface area contributed by atoms with Crippen LogP contribution in [0.4, 0.5) is 5.69 Å². The maximum Gasteiger partial charge on any atom is 0.265 e. The summed E-state index contributed by atoms with van der Waals surface area (Å²) in [4.78, 5) is 12.9. The molecule has 3 rings (SSSR count). The zero-order valence-electron chi connectivity index (χ0n) is 10.9. The monoisotopic (exact) mass is 363 g/mol. The van der Waals surface area contributed by atoms with Crippen LogP contribution in [0.1, 0.15) is 15.2 Å². The van der Waals surface area contributed by atoms with Crippen molar-refractivity contribution in [2.75, 3.05) is 5.32 Å². The maximum absolute atomic E-state index is 12.2. The molecule has 0 saturated carbocycles. The third-order valence-electron chi connectivity index (χ3n) is 2.80. The van der Waals surface area contributed by atoms with Crippen molar-refractivity contribution >= 4 is 38.9 Å². The van der Waals surface area contributed by atoms with Crippen LogP contribution >= 0.6 is 27.3 Å². The number of carbonyl (C=O) groups excluding carboxylic acids is 1. The summed E-state index contributed by atoms with van der Waals surface area (Å²) in [6.07, 6.45) is 0. The van der Waals surface area contributed by atoms with Gasteiger partial charge in [0.2, 0.25) is 5.82 Å². The molecule has 0 fully saturated rings. The predicted octanol–water partition coefficient (Wildman–Crippen LogP) is 3.25. The molecule has 21 heavy (non-hydrogen) atoms. The number of rotatable bonds is 3. The van der Waals surface area contributed by atoms with Crippen molar-refractivity contribution in [2.45, 2.75) is 6.92 Å². The Hall–Kier alpha value is -2.06. The van der Waals surface area contributed by atoms with Crippen molar-refractivity contribution in [1.29, 1.82) is 0 Å². The van der Waals surface area contributed by atoms with Gasteiger partial charge in [-0.25, -0.2) is 0 Å². The Morgan fingerprint density at radius 3 is 2.90 bits per heavy atom. The topological polar surface area (TPSA) is 83.6 Å². The van der Waals surface area contributed by atoms with Gasteiger partial charge in [0.1, 0.15) is 0 Å². The van der Waals surface area contributed by atoms with E-state index in [0.717, 1.165) is 14.9 Å². The van der Waals surface area contributed by atoms with E-state index in [1.807, 2.05) is 31.2 Å². The zero-order chi connectivity index (χ0) is 14.8. The number of nitrogens with zero attached hydrogens (tertiary/aromatic N) is 3. The van der Waals surface area contributed by atoms with Crippen LogP contribution in [0.2, 0.25) is 0 Å². The quantitative estimate of drug-likeness (QED) is 0.747. The maximum atomic E-state index is 12.2. The molecular weight excluding hydrogens is 354 g/mol. The number of hydrogen-bond acceptors (Lipinski definition) is 5. The number of tetrazole rings is 1. The van der Waals surface area contributed by atoms with Gasteiger partial charge in [-0.3, -0.25) is 4.79 Å². The Kier molecular flexibility index (Phi) is 3.80. The summed E-state index contributed by atoms with van der Waals surface area (Å²) < 4.78 is 0.966. The summed E-state index contributed by atoms with van der Waals surface area (Å²) in [5, 5.41) is 16.6. The molecule has 2 N–H and O–H groups in total. The number of carbonyl (C=O) groups is 1. The molecule has 0 aliphatic carbocycles. The van der Waals surface area contributed by atoms with Gasteiger partial charge in [-0.05, 0) is 51.8 Å². The van der Waals surface area contributed by atoms with Crippen LogP contribution in [0.15, 0.2) is 34.1 Å². The molecule has 1 amide bonds. The number of H-pyrrole nitrogens is 1. The average Bonchev–Trinajstić information content (AvgIpc) is 3.10. The highest BCUT2D eigenvalue weighted by atomic mass is 79.9. The number of thiophene rings is 1. The number of nitrogens with one attached hydrogen (secondary N) is 2. The summed E-state index contributed by atoms with van der Waals surface area (Å²) in [5.41, 5.74) is 2.51. The molecule has 0 radical (unpaired) electrons. The molecule has 2 heterocycles. The number of benzene rings is 1. The van der Waals surface area contributed by atoms with Gasteiger partial charge in [-0.2, -0.15) is 5.21 Å². The molecule has 3 aromatic rings. The number of halogens is 1. The van der Waals surface area contributed by atoms with Gasteiger partial charge in [0.15, 0.2) is 0 Å². The number of hydrogen-bond donors (Lipinski definition) is 2. The third-order valence-corrected chi connectivity index (χ3v) is 4.94. The van der Waals surface area contributed by atoms with Crippen LogP contribution in [0, 0.1) is 6.92 Å². The zero-order valence-corrected chi connectivity index (χ0v) is 13.3. The Morgan fingerprint density at radius 2 is 2.24 bits per heavy atom. The number of aromatic amines is 1. The second kappa shape index (κ2) is 5.74. The Bertz CT molecular complexity index is 764. The first-order chi connectivity index (χ1) is 10.1. The minimum Gasteiger partial charge on any atom is -0.321 e.